The summed E-state index contributed by atoms with van der Waals surface area (Å²) in [6.07, 6.45) is -0.387. The van der Waals surface area contributed by atoms with Crippen LogP contribution in [0.3, 0.4) is 0 Å². The van der Waals surface area contributed by atoms with E-state index in [-0.39, 0.29) is 6.42 Å². The van der Waals surface area contributed by atoms with Crippen LogP contribution in [0.1, 0.15) is 17.0 Å². The van der Waals surface area contributed by atoms with Crippen LogP contribution in [0, 0.1) is 28.8 Å². The molecule has 152 valence electrons. The minimum Gasteiger partial charge on any atom is -0.497 e. The number of rotatable bonds is 6. The average molecular weight is 426 g/mol. The number of allylic oxidation sites excluding steroid dienone is 1. The molecule has 0 saturated heterocycles. The van der Waals surface area contributed by atoms with Crippen molar-refractivity contribution in [3.05, 3.63) is 69.8 Å². The molecule has 0 amide bonds. The van der Waals surface area contributed by atoms with E-state index in [1.165, 1.54) is 18.9 Å². The molecule has 29 heavy (non-hydrogen) atoms. The lowest BCUT2D eigenvalue weighted by atomic mass is 9.88. The summed E-state index contributed by atoms with van der Waals surface area (Å²) >= 11 is 1.27. The van der Waals surface area contributed by atoms with Gasteiger partial charge in [0.25, 0.3) is 0 Å². The van der Waals surface area contributed by atoms with Gasteiger partial charge in [0.05, 0.1) is 7.11 Å². The molecule has 4 N–H and O–H groups in total. The predicted molar refractivity (Wildman–Crippen MR) is 99.4 cm³/mol. The summed E-state index contributed by atoms with van der Waals surface area (Å²) in [5.41, 5.74) is 11.0. The lowest BCUT2D eigenvalue weighted by Gasteiger charge is -2.21. The number of benzene rings is 2. The van der Waals surface area contributed by atoms with Crippen LogP contribution in [0.15, 0.2) is 40.5 Å². The van der Waals surface area contributed by atoms with Crippen LogP contribution < -0.4 is 20.7 Å². The SMILES string of the molecule is COc1ccc(C(Cc2c(F)c(F)c(N=[N+]=N)c(F)c2F)C2=CSC(N)N2)cc1. The minimum atomic E-state index is -1.71. The Kier molecular flexibility index (Phi) is 6.21. The van der Waals surface area contributed by atoms with Crippen LogP contribution in [-0.2, 0) is 6.42 Å². The Bertz CT molecular complexity index is 979. The largest absolute Gasteiger partial charge is 0.497 e. The van der Waals surface area contributed by atoms with Crippen molar-refractivity contribution >= 4 is 17.4 Å². The third-order valence-corrected chi connectivity index (χ3v) is 5.23. The lowest BCUT2D eigenvalue weighted by molar-refractivity contribution is 0.414. The smallest absolute Gasteiger partial charge is 0.229 e. The molecule has 0 aromatic heterocycles. The summed E-state index contributed by atoms with van der Waals surface area (Å²) in [4.78, 5) is 2.45. The second-order valence-electron chi connectivity index (χ2n) is 6.09. The van der Waals surface area contributed by atoms with Crippen molar-refractivity contribution in [2.45, 2.75) is 17.8 Å². The van der Waals surface area contributed by atoms with E-state index in [1.807, 2.05) is 0 Å². The summed E-state index contributed by atoms with van der Waals surface area (Å²) < 4.78 is 62.6. The molecular formula is C18H16F4N5OS+. The van der Waals surface area contributed by atoms with Gasteiger partial charge >= 0.3 is 0 Å². The number of nitrogens with zero attached hydrogens (tertiary/aromatic N) is 2. The van der Waals surface area contributed by atoms with Crippen molar-refractivity contribution in [3.63, 3.8) is 0 Å². The van der Waals surface area contributed by atoms with Gasteiger partial charge in [-0.1, -0.05) is 23.9 Å². The molecule has 1 aliphatic rings. The zero-order valence-corrected chi connectivity index (χ0v) is 15.9. The highest BCUT2D eigenvalue weighted by molar-refractivity contribution is 8.02. The van der Waals surface area contributed by atoms with Crippen molar-refractivity contribution in [2.75, 3.05) is 7.11 Å². The van der Waals surface area contributed by atoms with Crippen molar-refractivity contribution in [1.82, 2.24) is 10.2 Å². The van der Waals surface area contributed by atoms with Crippen LogP contribution in [0.25, 0.3) is 0 Å². The van der Waals surface area contributed by atoms with Crippen molar-refractivity contribution in [1.29, 1.82) is 5.53 Å². The standard InChI is InChI=1S/C18H16F4N5OS/c1-28-9-4-2-8(3-5-9)10(12-7-29-18(23)25-12)6-11-13(19)15(21)17(26-27-24)16(22)14(11)20/h2-5,7,10,18,24-25H,6,23H2,1H3/q+1. The number of hydrogen-bond acceptors (Lipinski definition) is 6. The molecule has 2 aromatic carbocycles. The molecule has 0 fully saturated rings. The van der Waals surface area contributed by atoms with Gasteiger partial charge in [0.1, 0.15) is 16.8 Å². The van der Waals surface area contributed by atoms with Gasteiger partial charge in [-0.15, -0.1) is 0 Å². The Hall–Kier alpha value is -2.88. The fourth-order valence-corrected chi connectivity index (χ4v) is 3.72. The van der Waals surface area contributed by atoms with Gasteiger partial charge in [-0.05, 0) is 29.5 Å². The Balaban J connectivity index is 2.07. The van der Waals surface area contributed by atoms with Gasteiger partial charge in [-0.3, -0.25) is 0 Å². The first-order chi connectivity index (χ1) is 13.9. The van der Waals surface area contributed by atoms with Gasteiger partial charge in [-0.25, -0.2) is 17.6 Å². The monoisotopic (exact) mass is 426 g/mol. The number of halogens is 4. The molecule has 2 atom stereocenters. The Morgan fingerprint density at radius 2 is 1.79 bits per heavy atom. The fraction of sp³-hybridized carbons (Fsp3) is 0.222. The molecule has 0 spiro atoms. The van der Waals surface area contributed by atoms with Gasteiger partial charge in [0, 0.05) is 17.2 Å². The summed E-state index contributed by atoms with van der Waals surface area (Å²) in [7, 11) is 1.50. The van der Waals surface area contributed by atoms with E-state index in [0.29, 0.717) is 17.0 Å². The van der Waals surface area contributed by atoms with E-state index in [9.17, 15) is 17.6 Å². The molecule has 11 heteroatoms. The number of thioether (sulfide) groups is 1. The van der Waals surface area contributed by atoms with Crippen molar-refractivity contribution in [3.8, 4) is 5.75 Å². The second-order valence-corrected chi connectivity index (χ2v) is 7.10. The maximum absolute atomic E-state index is 14.6. The molecule has 0 aliphatic carbocycles. The molecule has 2 aromatic rings. The van der Waals surface area contributed by atoms with Crippen molar-refractivity contribution in [2.24, 2.45) is 10.8 Å². The van der Waals surface area contributed by atoms with Gasteiger partial charge < -0.3 is 15.8 Å². The molecule has 6 nitrogen and oxygen atoms in total. The van der Waals surface area contributed by atoms with E-state index in [1.54, 1.807) is 29.7 Å². The Labute approximate surface area is 167 Å². The maximum Gasteiger partial charge on any atom is 0.229 e. The Morgan fingerprint density at radius 3 is 2.28 bits per heavy atom. The molecule has 1 aliphatic heterocycles. The molecule has 0 radical (unpaired) electrons. The Morgan fingerprint density at radius 1 is 1.17 bits per heavy atom. The highest BCUT2D eigenvalue weighted by Crippen LogP contribution is 2.37. The number of nitrogens with one attached hydrogen (secondary N) is 2. The minimum absolute atomic E-state index is 0.387. The number of methoxy groups -OCH3 is 1. The van der Waals surface area contributed by atoms with E-state index >= 15 is 0 Å². The van der Waals surface area contributed by atoms with Crippen molar-refractivity contribution < 1.29 is 22.3 Å². The quantitative estimate of drug-likeness (QED) is 0.279. The predicted octanol–water partition coefficient (Wildman–Crippen LogP) is 4.18. The zero-order valence-electron chi connectivity index (χ0n) is 15.0. The van der Waals surface area contributed by atoms with Gasteiger partial charge in [0.2, 0.25) is 10.6 Å². The van der Waals surface area contributed by atoms with E-state index in [4.69, 9.17) is 16.0 Å². The van der Waals surface area contributed by atoms with Crippen LogP contribution in [0.5, 0.6) is 5.75 Å². The molecule has 1 heterocycles. The van der Waals surface area contributed by atoms with Crippen LogP contribution >= 0.6 is 11.8 Å². The third-order valence-electron chi connectivity index (χ3n) is 4.43. The highest BCUT2D eigenvalue weighted by atomic mass is 32.2. The molecule has 0 bridgehead atoms. The summed E-state index contributed by atoms with van der Waals surface area (Å²) in [5, 5.41) is 7.50. The lowest BCUT2D eigenvalue weighted by Crippen LogP contribution is -2.31. The van der Waals surface area contributed by atoms with E-state index in [0.717, 1.165) is 0 Å². The van der Waals surface area contributed by atoms with E-state index < -0.39 is 45.9 Å². The zero-order chi connectivity index (χ0) is 21.1. The van der Waals surface area contributed by atoms with E-state index in [2.05, 4.69) is 15.3 Å². The first-order valence-electron chi connectivity index (χ1n) is 8.31. The van der Waals surface area contributed by atoms with Crippen LogP contribution in [0.4, 0.5) is 23.2 Å². The summed E-state index contributed by atoms with van der Waals surface area (Å²) in [5.74, 6) is -6.66. The molecule has 3 rings (SSSR count). The summed E-state index contributed by atoms with van der Waals surface area (Å²) in [6.45, 7) is 0. The number of hydrogen-bond donors (Lipinski definition) is 3. The van der Waals surface area contributed by atoms with Gasteiger partial charge in [-0.2, -0.15) is 0 Å². The normalized spacial score (nSPS) is 16.6. The third kappa shape index (κ3) is 4.12. The maximum atomic E-state index is 14.6. The number of nitrogens with two attached hydrogens (primary N) is 1. The van der Waals surface area contributed by atoms with Gasteiger partial charge in [0.15, 0.2) is 28.4 Å². The average Bonchev–Trinajstić information content (AvgIpc) is 3.16. The molecular weight excluding hydrogens is 410 g/mol. The topological polar surface area (TPSA) is 97.6 Å². The molecule has 2 unspecified atom stereocenters. The van der Waals surface area contributed by atoms with Crippen LogP contribution in [0.2, 0.25) is 0 Å². The first-order valence-corrected chi connectivity index (χ1v) is 9.25. The van der Waals surface area contributed by atoms with Crippen LogP contribution in [-0.4, -0.2) is 12.6 Å². The summed E-state index contributed by atoms with van der Waals surface area (Å²) in [6, 6.07) is 6.70. The number of ether oxygens (including phenoxy) is 1. The highest BCUT2D eigenvalue weighted by Gasteiger charge is 2.31. The second kappa shape index (κ2) is 8.64. The first kappa shape index (κ1) is 20.8. The fourth-order valence-electron chi connectivity index (χ4n) is 2.99. The molecule has 0 saturated carbocycles.